The summed E-state index contributed by atoms with van der Waals surface area (Å²) in [7, 11) is 0. The number of carbonyl (C=O) groups is 1. The summed E-state index contributed by atoms with van der Waals surface area (Å²) in [6, 6.07) is 10.2. The Morgan fingerprint density at radius 2 is 1.89 bits per heavy atom. The van der Waals surface area contributed by atoms with Crippen LogP contribution in [0.15, 0.2) is 46.9 Å². The number of halogens is 1. The smallest absolute Gasteiger partial charge is 0.246 e. The first-order chi connectivity index (χ1) is 12.7. The molecule has 27 heavy (non-hydrogen) atoms. The van der Waals surface area contributed by atoms with Crippen LogP contribution in [0.5, 0.6) is 0 Å². The zero-order chi connectivity index (χ0) is 19.2. The molecule has 2 fully saturated rings. The van der Waals surface area contributed by atoms with Gasteiger partial charge in [-0.05, 0) is 72.6 Å². The van der Waals surface area contributed by atoms with Crippen LogP contribution in [0.25, 0.3) is 17.4 Å². The molecule has 2 heterocycles. The summed E-state index contributed by atoms with van der Waals surface area (Å²) in [5, 5.41) is 0. The largest absolute Gasteiger partial charge is 0.457 e. The van der Waals surface area contributed by atoms with Crippen LogP contribution in [0.4, 0.5) is 4.39 Å². The third-order valence-corrected chi connectivity index (χ3v) is 5.84. The number of amides is 1. The lowest BCUT2D eigenvalue weighted by atomic mass is 9.65. The lowest BCUT2D eigenvalue weighted by Crippen LogP contribution is -2.36. The Labute approximate surface area is 159 Å². The third kappa shape index (κ3) is 3.71. The summed E-state index contributed by atoms with van der Waals surface area (Å²) in [5.74, 6) is 1.06. The Hall–Kier alpha value is -2.36. The molecule has 1 saturated carbocycles. The number of furan rings is 1. The molecule has 1 aliphatic carbocycles. The minimum Gasteiger partial charge on any atom is -0.457 e. The molecule has 2 bridgehead atoms. The molecular formula is C23H26FNO2. The highest BCUT2D eigenvalue weighted by Gasteiger charge is 2.50. The molecule has 0 spiro atoms. The monoisotopic (exact) mass is 367 g/mol. The molecule has 2 unspecified atom stereocenters. The van der Waals surface area contributed by atoms with Crippen molar-refractivity contribution in [3.63, 3.8) is 0 Å². The summed E-state index contributed by atoms with van der Waals surface area (Å²) < 4.78 is 18.8. The second kappa shape index (κ2) is 6.36. The Bertz CT molecular complexity index is 880. The zero-order valence-corrected chi connectivity index (χ0v) is 16.2. The Morgan fingerprint density at radius 1 is 1.15 bits per heavy atom. The fourth-order valence-electron chi connectivity index (χ4n) is 5.18. The summed E-state index contributed by atoms with van der Waals surface area (Å²) in [4.78, 5) is 14.8. The van der Waals surface area contributed by atoms with E-state index in [9.17, 15) is 9.18 Å². The van der Waals surface area contributed by atoms with E-state index >= 15 is 0 Å². The van der Waals surface area contributed by atoms with Crippen molar-refractivity contribution < 1.29 is 13.6 Å². The lowest BCUT2D eigenvalue weighted by Gasteiger charge is -2.39. The first kappa shape index (κ1) is 18.0. The van der Waals surface area contributed by atoms with E-state index in [4.69, 9.17) is 4.42 Å². The molecule has 1 amide bonds. The highest BCUT2D eigenvalue weighted by Crippen LogP contribution is 2.52. The number of carbonyl (C=O) groups excluding carboxylic acids is 1. The molecule has 4 heteroatoms. The maximum absolute atomic E-state index is 13.0. The maximum atomic E-state index is 13.0. The molecule has 2 atom stereocenters. The van der Waals surface area contributed by atoms with Gasteiger partial charge < -0.3 is 9.32 Å². The minimum absolute atomic E-state index is 0.0566. The van der Waals surface area contributed by atoms with Crippen LogP contribution in [0, 0.1) is 16.6 Å². The maximum Gasteiger partial charge on any atom is 0.246 e. The fourth-order valence-corrected chi connectivity index (χ4v) is 5.18. The SMILES string of the molecule is CC1(C)CC2CC(C)(CN2C(=O)/C=C/c2ccc(-c3ccc(F)cc3)o2)C1. The van der Waals surface area contributed by atoms with Gasteiger partial charge in [-0.1, -0.05) is 20.8 Å². The van der Waals surface area contributed by atoms with Gasteiger partial charge in [-0.2, -0.15) is 0 Å². The minimum atomic E-state index is -0.274. The predicted octanol–water partition coefficient (Wildman–Crippen LogP) is 5.53. The van der Waals surface area contributed by atoms with E-state index in [0.29, 0.717) is 23.0 Å². The van der Waals surface area contributed by atoms with Gasteiger partial charge >= 0.3 is 0 Å². The van der Waals surface area contributed by atoms with Crippen LogP contribution in [-0.2, 0) is 4.79 Å². The van der Waals surface area contributed by atoms with Crippen LogP contribution in [0.3, 0.4) is 0 Å². The first-order valence-corrected chi connectivity index (χ1v) is 9.58. The van der Waals surface area contributed by atoms with Crippen molar-refractivity contribution in [2.45, 2.75) is 46.1 Å². The fraction of sp³-hybridized carbons (Fsp3) is 0.435. The van der Waals surface area contributed by atoms with Crippen LogP contribution in [0.1, 0.15) is 45.8 Å². The van der Waals surface area contributed by atoms with Crippen LogP contribution >= 0.6 is 0 Å². The molecule has 1 aromatic carbocycles. The van der Waals surface area contributed by atoms with E-state index in [1.54, 1.807) is 24.3 Å². The number of hydrogen-bond acceptors (Lipinski definition) is 2. The van der Waals surface area contributed by atoms with Gasteiger partial charge in [-0.25, -0.2) is 4.39 Å². The average Bonchev–Trinajstić information content (AvgIpc) is 3.14. The number of fused-ring (bicyclic) bond motifs is 2. The highest BCUT2D eigenvalue weighted by atomic mass is 19.1. The molecule has 1 saturated heterocycles. The van der Waals surface area contributed by atoms with Crippen molar-refractivity contribution in [3.8, 4) is 11.3 Å². The van der Waals surface area contributed by atoms with Crippen molar-refractivity contribution in [2.75, 3.05) is 6.54 Å². The Kier molecular flexibility index (Phi) is 4.25. The van der Waals surface area contributed by atoms with Crippen molar-refractivity contribution in [1.29, 1.82) is 0 Å². The second-order valence-corrected chi connectivity index (χ2v) is 9.22. The summed E-state index contributed by atoms with van der Waals surface area (Å²) >= 11 is 0. The molecule has 2 aliphatic rings. The molecular weight excluding hydrogens is 341 g/mol. The molecule has 0 radical (unpaired) electrons. The molecule has 1 aliphatic heterocycles. The molecule has 4 rings (SSSR count). The number of benzene rings is 1. The van der Waals surface area contributed by atoms with E-state index in [2.05, 4.69) is 20.8 Å². The normalized spacial score (nSPS) is 26.7. The van der Waals surface area contributed by atoms with Gasteiger partial charge in [0.15, 0.2) is 0 Å². The molecule has 142 valence electrons. The molecule has 2 aromatic rings. The third-order valence-electron chi connectivity index (χ3n) is 5.84. The Balaban J connectivity index is 1.46. The van der Waals surface area contributed by atoms with Gasteiger partial charge in [0.1, 0.15) is 17.3 Å². The summed E-state index contributed by atoms with van der Waals surface area (Å²) in [6.07, 6.45) is 6.68. The summed E-state index contributed by atoms with van der Waals surface area (Å²) in [6.45, 7) is 7.75. The number of rotatable bonds is 3. The van der Waals surface area contributed by atoms with E-state index < -0.39 is 0 Å². The average molecular weight is 367 g/mol. The van der Waals surface area contributed by atoms with Crippen LogP contribution < -0.4 is 0 Å². The zero-order valence-electron chi connectivity index (χ0n) is 16.2. The van der Waals surface area contributed by atoms with Gasteiger partial charge in [0.2, 0.25) is 5.91 Å². The van der Waals surface area contributed by atoms with Crippen molar-refractivity contribution in [1.82, 2.24) is 4.90 Å². The van der Waals surface area contributed by atoms with Gasteiger partial charge in [-0.15, -0.1) is 0 Å². The van der Waals surface area contributed by atoms with Crippen LogP contribution in [-0.4, -0.2) is 23.4 Å². The Morgan fingerprint density at radius 3 is 2.63 bits per heavy atom. The van der Waals surface area contributed by atoms with E-state index in [0.717, 1.165) is 24.9 Å². The molecule has 0 N–H and O–H groups in total. The van der Waals surface area contributed by atoms with Gasteiger partial charge in [0, 0.05) is 24.2 Å². The van der Waals surface area contributed by atoms with Crippen molar-refractivity contribution in [2.24, 2.45) is 10.8 Å². The standard InChI is InChI=1S/C23H26FNO2/c1-22(2)12-18-13-23(3,14-22)15-25(18)21(26)11-9-19-8-10-20(27-19)16-4-6-17(24)7-5-16/h4-11,18H,12-15H2,1-3H3/b11-9+. The second-order valence-electron chi connectivity index (χ2n) is 9.22. The number of nitrogens with zero attached hydrogens (tertiary/aromatic N) is 1. The van der Waals surface area contributed by atoms with Gasteiger partial charge in [-0.3, -0.25) is 4.79 Å². The highest BCUT2D eigenvalue weighted by molar-refractivity contribution is 5.92. The lowest BCUT2D eigenvalue weighted by molar-refractivity contribution is -0.127. The van der Waals surface area contributed by atoms with E-state index in [-0.39, 0.29) is 17.1 Å². The molecule has 1 aromatic heterocycles. The van der Waals surface area contributed by atoms with Crippen LogP contribution in [0.2, 0.25) is 0 Å². The first-order valence-electron chi connectivity index (χ1n) is 9.58. The summed E-state index contributed by atoms with van der Waals surface area (Å²) in [5.41, 5.74) is 1.34. The predicted molar refractivity (Wildman–Crippen MR) is 104 cm³/mol. The quantitative estimate of drug-likeness (QED) is 0.669. The number of likely N-dealkylation sites (tertiary alicyclic amines) is 1. The molecule has 3 nitrogen and oxygen atoms in total. The number of hydrogen-bond donors (Lipinski definition) is 0. The van der Waals surface area contributed by atoms with Crippen molar-refractivity contribution >= 4 is 12.0 Å². The van der Waals surface area contributed by atoms with Crippen molar-refractivity contribution in [3.05, 3.63) is 54.1 Å². The topological polar surface area (TPSA) is 33.5 Å². The van der Waals surface area contributed by atoms with Gasteiger partial charge in [0.25, 0.3) is 0 Å². The van der Waals surface area contributed by atoms with Gasteiger partial charge in [0.05, 0.1) is 0 Å². The van der Waals surface area contributed by atoms with E-state index in [1.165, 1.54) is 18.6 Å². The van der Waals surface area contributed by atoms with E-state index in [1.807, 2.05) is 17.0 Å².